The number of amides is 1. The van der Waals surface area contributed by atoms with E-state index in [1.165, 1.54) is 17.5 Å². The number of anilines is 2. The van der Waals surface area contributed by atoms with Gasteiger partial charge in [0.1, 0.15) is 11.0 Å². The summed E-state index contributed by atoms with van der Waals surface area (Å²) in [4.78, 5) is 21.0. The second kappa shape index (κ2) is 8.23. The lowest BCUT2D eigenvalue weighted by molar-refractivity contribution is -0.120. The second-order valence-electron chi connectivity index (χ2n) is 7.63. The van der Waals surface area contributed by atoms with Crippen molar-refractivity contribution in [1.29, 1.82) is 0 Å². The number of pyridine rings is 1. The minimum Gasteiger partial charge on any atom is -0.325 e. The zero-order valence-electron chi connectivity index (χ0n) is 16.5. The van der Waals surface area contributed by atoms with E-state index in [9.17, 15) is 13.4 Å². The van der Waals surface area contributed by atoms with Crippen molar-refractivity contribution in [2.24, 2.45) is 0 Å². The molecular formula is C21H21FN4O2S2. The van der Waals surface area contributed by atoms with Crippen LogP contribution in [0.5, 0.6) is 0 Å². The van der Waals surface area contributed by atoms with Crippen LogP contribution in [0.25, 0.3) is 11.1 Å². The zero-order valence-corrected chi connectivity index (χ0v) is 18.1. The topological polar surface area (TPSA) is 84.0 Å². The molecule has 2 heterocycles. The van der Waals surface area contributed by atoms with Gasteiger partial charge in [0.2, 0.25) is 11.9 Å². The van der Waals surface area contributed by atoms with Gasteiger partial charge in [-0.15, -0.1) is 11.3 Å². The summed E-state index contributed by atoms with van der Waals surface area (Å²) in [6.45, 7) is 3.58. The minimum absolute atomic E-state index is 0.205. The third kappa shape index (κ3) is 4.41. The van der Waals surface area contributed by atoms with Crippen LogP contribution in [0.15, 0.2) is 48.0 Å². The van der Waals surface area contributed by atoms with Crippen LogP contribution in [0.3, 0.4) is 0 Å². The first-order valence-corrected chi connectivity index (χ1v) is 11.6. The van der Waals surface area contributed by atoms with E-state index in [0.717, 1.165) is 12.8 Å². The highest BCUT2D eigenvalue weighted by molar-refractivity contribution is 7.87. The van der Waals surface area contributed by atoms with Crippen LogP contribution in [-0.2, 0) is 21.2 Å². The van der Waals surface area contributed by atoms with Gasteiger partial charge >= 0.3 is 0 Å². The molecule has 2 N–H and O–H groups in total. The predicted octanol–water partition coefficient (Wildman–Crippen LogP) is 4.50. The Morgan fingerprint density at radius 1 is 1.23 bits per heavy atom. The maximum absolute atomic E-state index is 13.8. The molecule has 4 rings (SSSR count). The van der Waals surface area contributed by atoms with Crippen molar-refractivity contribution in [3.63, 3.8) is 0 Å². The quantitative estimate of drug-likeness (QED) is 0.526. The maximum atomic E-state index is 13.8. The van der Waals surface area contributed by atoms with Crippen LogP contribution in [0.4, 0.5) is 15.2 Å². The third-order valence-corrected chi connectivity index (χ3v) is 7.30. The summed E-state index contributed by atoms with van der Waals surface area (Å²) >= 11 is 1.34. The molecule has 30 heavy (non-hydrogen) atoms. The number of aromatic nitrogens is 2. The van der Waals surface area contributed by atoms with Crippen LogP contribution in [-0.4, -0.2) is 25.3 Å². The standard InChI is InChI=1S/C21H21FN4O2S2/c1-21(2,17-12-29-20(25-17)26-30(28)15-9-10-15)19(27)24-14-7-5-13(6-8-14)16-4-3-11-23-18(16)22/h3-8,11-12,15H,9-10H2,1-2H3,(H,24,27)(H,25,26). The molecule has 2 aromatic heterocycles. The molecule has 1 atom stereocenters. The first kappa shape index (κ1) is 20.6. The van der Waals surface area contributed by atoms with Gasteiger partial charge in [-0.1, -0.05) is 12.1 Å². The summed E-state index contributed by atoms with van der Waals surface area (Å²) < 4.78 is 28.8. The zero-order chi connectivity index (χ0) is 21.3. The fourth-order valence-corrected chi connectivity index (χ4v) is 4.91. The lowest BCUT2D eigenvalue weighted by Gasteiger charge is -2.21. The number of thiazole rings is 1. The smallest absolute Gasteiger partial charge is 0.236 e. The summed E-state index contributed by atoms with van der Waals surface area (Å²) in [5.74, 6) is -0.756. The molecule has 0 aliphatic heterocycles. The fraction of sp³-hybridized carbons (Fsp3) is 0.286. The van der Waals surface area contributed by atoms with Gasteiger partial charge in [-0.2, -0.15) is 4.39 Å². The molecular weight excluding hydrogens is 423 g/mol. The number of hydrogen-bond donors (Lipinski definition) is 2. The highest BCUT2D eigenvalue weighted by Gasteiger charge is 2.33. The molecule has 3 aromatic rings. The van der Waals surface area contributed by atoms with Gasteiger partial charge in [0, 0.05) is 22.8 Å². The SMILES string of the molecule is CC(C)(C(=O)Nc1ccc(-c2cccnc2F)cc1)c1csc(NS(=O)C2CC2)n1. The molecule has 1 saturated carbocycles. The monoisotopic (exact) mass is 444 g/mol. The van der Waals surface area contributed by atoms with E-state index < -0.39 is 22.3 Å². The summed E-state index contributed by atoms with van der Waals surface area (Å²) in [6, 6.07) is 10.3. The van der Waals surface area contributed by atoms with Crippen LogP contribution in [0, 0.1) is 5.95 Å². The predicted molar refractivity (Wildman–Crippen MR) is 118 cm³/mol. The van der Waals surface area contributed by atoms with Gasteiger partial charge in [-0.05, 0) is 56.5 Å². The number of nitrogens with one attached hydrogen (secondary N) is 2. The van der Waals surface area contributed by atoms with Crippen LogP contribution < -0.4 is 10.0 Å². The molecule has 1 unspecified atom stereocenters. The number of rotatable bonds is 7. The number of benzene rings is 1. The van der Waals surface area contributed by atoms with Crippen molar-refractivity contribution in [2.45, 2.75) is 37.4 Å². The third-order valence-electron chi connectivity index (χ3n) is 4.94. The normalized spacial score (nSPS) is 14.9. The van der Waals surface area contributed by atoms with Crippen molar-refractivity contribution in [2.75, 3.05) is 10.0 Å². The van der Waals surface area contributed by atoms with Gasteiger partial charge < -0.3 is 5.32 Å². The van der Waals surface area contributed by atoms with Crippen LogP contribution in [0.1, 0.15) is 32.4 Å². The first-order chi connectivity index (χ1) is 14.3. The second-order valence-corrected chi connectivity index (χ2v) is 9.96. The van der Waals surface area contributed by atoms with Crippen LogP contribution in [0.2, 0.25) is 0 Å². The highest BCUT2D eigenvalue weighted by Crippen LogP contribution is 2.31. The minimum atomic E-state index is -1.12. The molecule has 1 aliphatic carbocycles. The number of carbonyl (C=O) groups is 1. The number of hydrogen-bond acceptors (Lipinski definition) is 5. The van der Waals surface area contributed by atoms with Gasteiger partial charge in [-0.25, -0.2) is 14.2 Å². The number of halogens is 1. The van der Waals surface area contributed by atoms with E-state index in [4.69, 9.17) is 0 Å². The summed E-state index contributed by atoms with van der Waals surface area (Å²) in [6.07, 6.45) is 3.34. The first-order valence-electron chi connectivity index (χ1n) is 9.50. The van der Waals surface area contributed by atoms with E-state index in [1.54, 1.807) is 55.6 Å². The van der Waals surface area contributed by atoms with Crippen LogP contribution >= 0.6 is 11.3 Å². The molecule has 0 saturated heterocycles. The molecule has 1 aliphatic rings. The number of carbonyl (C=O) groups excluding carboxylic acids is 1. The Bertz CT molecular complexity index is 1090. The Hall–Kier alpha value is -2.65. The Kier molecular flexibility index (Phi) is 5.66. The summed E-state index contributed by atoms with van der Waals surface area (Å²) in [5, 5.41) is 5.45. The van der Waals surface area contributed by atoms with Gasteiger partial charge in [0.15, 0.2) is 5.13 Å². The molecule has 6 nitrogen and oxygen atoms in total. The largest absolute Gasteiger partial charge is 0.325 e. The highest BCUT2D eigenvalue weighted by atomic mass is 32.2. The fourth-order valence-electron chi connectivity index (χ4n) is 2.80. The Morgan fingerprint density at radius 2 is 1.97 bits per heavy atom. The van der Waals surface area contributed by atoms with E-state index in [-0.39, 0.29) is 11.2 Å². The van der Waals surface area contributed by atoms with Crippen molar-refractivity contribution >= 4 is 39.0 Å². The van der Waals surface area contributed by atoms with Crippen molar-refractivity contribution in [3.05, 3.63) is 59.6 Å². The lowest BCUT2D eigenvalue weighted by Crippen LogP contribution is -2.35. The van der Waals surface area contributed by atoms with Gasteiger partial charge in [-0.3, -0.25) is 9.52 Å². The molecule has 1 aromatic carbocycles. The average molecular weight is 445 g/mol. The van der Waals surface area contributed by atoms with E-state index >= 15 is 0 Å². The van der Waals surface area contributed by atoms with E-state index in [0.29, 0.717) is 27.6 Å². The molecule has 1 amide bonds. The maximum Gasteiger partial charge on any atom is 0.236 e. The molecule has 0 spiro atoms. The number of nitrogens with zero attached hydrogens (tertiary/aromatic N) is 2. The lowest BCUT2D eigenvalue weighted by atomic mass is 9.89. The summed E-state index contributed by atoms with van der Waals surface area (Å²) in [5.41, 5.74) is 1.41. The molecule has 156 valence electrons. The molecule has 9 heteroatoms. The Morgan fingerprint density at radius 3 is 2.63 bits per heavy atom. The van der Waals surface area contributed by atoms with E-state index in [2.05, 4.69) is 20.0 Å². The van der Waals surface area contributed by atoms with Gasteiger partial charge in [0.05, 0.1) is 16.4 Å². The van der Waals surface area contributed by atoms with Crippen molar-refractivity contribution < 1.29 is 13.4 Å². The Balaban J connectivity index is 1.44. The van der Waals surface area contributed by atoms with Crippen molar-refractivity contribution in [1.82, 2.24) is 9.97 Å². The summed E-state index contributed by atoms with van der Waals surface area (Å²) in [7, 11) is -1.12. The Labute approximate surface area is 180 Å². The average Bonchev–Trinajstić information content (AvgIpc) is 3.48. The van der Waals surface area contributed by atoms with Crippen molar-refractivity contribution in [3.8, 4) is 11.1 Å². The molecule has 0 radical (unpaired) electrons. The molecule has 1 fully saturated rings. The van der Waals surface area contributed by atoms with Gasteiger partial charge in [0.25, 0.3) is 0 Å². The van der Waals surface area contributed by atoms with E-state index in [1.807, 2.05) is 0 Å². The molecule has 0 bridgehead atoms.